The Labute approximate surface area is 126 Å². The summed E-state index contributed by atoms with van der Waals surface area (Å²) in [5, 5.41) is 10.9. The third-order valence-electron chi connectivity index (χ3n) is 4.92. The number of imide groups is 1. The van der Waals surface area contributed by atoms with Gasteiger partial charge in [-0.25, -0.2) is 4.90 Å². The Morgan fingerprint density at radius 3 is 2.27 bits per heavy atom. The first-order valence-corrected chi connectivity index (χ1v) is 7.27. The highest BCUT2D eigenvalue weighted by Crippen LogP contribution is 2.49. The number of nitro benzene ring substituents is 1. The molecule has 0 spiro atoms. The first-order chi connectivity index (χ1) is 10.5. The molecule has 2 bridgehead atoms. The van der Waals surface area contributed by atoms with Crippen LogP contribution in [-0.4, -0.2) is 28.9 Å². The molecule has 0 radical (unpaired) electrons. The summed E-state index contributed by atoms with van der Waals surface area (Å²) in [6, 6.07) is 4.33. The van der Waals surface area contributed by atoms with Gasteiger partial charge in [-0.2, -0.15) is 0 Å². The van der Waals surface area contributed by atoms with Crippen molar-refractivity contribution >= 4 is 23.2 Å². The monoisotopic (exact) mass is 302 g/mol. The minimum absolute atomic E-state index is 0.0218. The molecule has 0 aliphatic carbocycles. The van der Waals surface area contributed by atoms with Crippen molar-refractivity contribution in [1.82, 2.24) is 0 Å². The minimum atomic E-state index is -0.477. The summed E-state index contributed by atoms with van der Waals surface area (Å²) in [4.78, 5) is 36.8. The topological polar surface area (TPSA) is 89.8 Å². The van der Waals surface area contributed by atoms with Gasteiger partial charge in [0.1, 0.15) is 0 Å². The smallest absolute Gasteiger partial charge is 0.272 e. The highest BCUT2D eigenvalue weighted by atomic mass is 16.6. The van der Waals surface area contributed by atoms with Crippen LogP contribution in [-0.2, 0) is 14.3 Å². The van der Waals surface area contributed by atoms with E-state index in [4.69, 9.17) is 4.74 Å². The molecule has 0 aromatic heterocycles. The van der Waals surface area contributed by atoms with Crippen LogP contribution in [0.15, 0.2) is 18.2 Å². The lowest BCUT2D eigenvalue weighted by Crippen LogP contribution is -2.34. The fourth-order valence-corrected chi connectivity index (χ4v) is 3.95. The average Bonchev–Trinajstić information content (AvgIpc) is 3.12. The molecule has 7 heteroatoms. The number of benzene rings is 1. The maximum atomic E-state index is 12.6. The van der Waals surface area contributed by atoms with E-state index in [1.807, 2.05) is 0 Å². The van der Waals surface area contributed by atoms with E-state index >= 15 is 0 Å². The third kappa shape index (κ3) is 1.60. The quantitative estimate of drug-likeness (QED) is 0.470. The molecule has 114 valence electrons. The molecular weight excluding hydrogens is 288 g/mol. The van der Waals surface area contributed by atoms with E-state index in [-0.39, 0.29) is 41.5 Å². The molecule has 0 saturated carbocycles. The zero-order valence-corrected chi connectivity index (χ0v) is 11.9. The number of carbonyl (C=O) groups excluding carboxylic acids is 2. The third-order valence-corrected chi connectivity index (χ3v) is 4.92. The average molecular weight is 302 g/mol. The van der Waals surface area contributed by atoms with Gasteiger partial charge in [-0.1, -0.05) is 0 Å². The molecule has 4 rings (SSSR count). The largest absolute Gasteiger partial charge is 0.373 e. The molecule has 2 amide bonds. The van der Waals surface area contributed by atoms with E-state index in [1.54, 1.807) is 6.92 Å². The molecule has 1 aromatic carbocycles. The fourth-order valence-electron chi connectivity index (χ4n) is 3.95. The van der Waals surface area contributed by atoms with Crippen LogP contribution in [0.4, 0.5) is 11.4 Å². The molecule has 3 heterocycles. The van der Waals surface area contributed by atoms with Gasteiger partial charge in [-0.3, -0.25) is 19.7 Å². The van der Waals surface area contributed by atoms with Crippen LogP contribution < -0.4 is 4.90 Å². The van der Waals surface area contributed by atoms with Gasteiger partial charge >= 0.3 is 0 Å². The van der Waals surface area contributed by atoms with E-state index in [0.29, 0.717) is 11.3 Å². The standard InChI is InChI=1S/C15H14N2O5/c1-7-6-8(2-3-9(7)17(20)21)16-14(18)12-10-4-5-11(22-10)13(12)15(16)19/h2-3,6,10-13H,4-5H2,1H3/t10-,11-,12-,13+/m1/s1. The predicted octanol–water partition coefficient (Wildman–Crippen LogP) is 1.57. The number of hydrogen-bond donors (Lipinski definition) is 0. The van der Waals surface area contributed by atoms with Gasteiger partial charge in [-0.15, -0.1) is 0 Å². The van der Waals surface area contributed by atoms with Crippen molar-refractivity contribution in [2.75, 3.05) is 4.90 Å². The number of rotatable bonds is 2. The second-order valence-electron chi connectivity index (χ2n) is 6.08. The van der Waals surface area contributed by atoms with Crippen molar-refractivity contribution in [2.45, 2.75) is 32.0 Å². The number of hydrogen-bond acceptors (Lipinski definition) is 5. The van der Waals surface area contributed by atoms with E-state index in [9.17, 15) is 19.7 Å². The lowest BCUT2D eigenvalue weighted by Gasteiger charge is -2.17. The van der Waals surface area contributed by atoms with Crippen LogP contribution in [0.3, 0.4) is 0 Å². The number of amides is 2. The highest BCUT2D eigenvalue weighted by molar-refractivity contribution is 6.22. The van der Waals surface area contributed by atoms with Crippen molar-refractivity contribution in [3.63, 3.8) is 0 Å². The van der Waals surface area contributed by atoms with Crippen LogP contribution in [0.5, 0.6) is 0 Å². The number of fused-ring (bicyclic) bond motifs is 5. The Bertz CT molecular complexity index is 688. The molecule has 0 unspecified atom stereocenters. The number of aryl methyl sites for hydroxylation is 1. The summed E-state index contributed by atoms with van der Waals surface area (Å²) >= 11 is 0. The Balaban J connectivity index is 1.72. The van der Waals surface area contributed by atoms with Gasteiger partial charge in [-0.05, 0) is 31.9 Å². The van der Waals surface area contributed by atoms with Crippen LogP contribution in [0.1, 0.15) is 18.4 Å². The number of nitro groups is 1. The van der Waals surface area contributed by atoms with Crippen LogP contribution in [0.25, 0.3) is 0 Å². The number of ether oxygens (including phenoxy) is 1. The Hall–Kier alpha value is -2.28. The zero-order valence-electron chi connectivity index (χ0n) is 11.9. The van der Waals surface area contributed by atoms with Crippen molar-refractivity contribution in [1.29, 1.82) is 0 Å². The van der Waals surface area contributed by atoms with Crippen molar-refractivity contribution in [3.05, 3.63) is 33.9 Å². The molecule has 3 aliphatic heterocycles. The van der Waals surface area contributed by atoms with Gasteiger partial charge in [0, 0.05) is 11.6 Å². The van der Waals surface area contributed by atoms with Crippen molar-refractivity contribution in [3.8, 4) is 0 Å². The van der Waals surface area contributed by atoms with Crippen LogP contribution in [0, 0.1) is 28.9 Å². The highest BCUT2D eigenvalue weighted by Gasteiger charge is 2.62. The molecule has 1 aromatic rings. The lowest BCUT2D eigenvalue weighted by atomic mass is 9.81. The molecule has 3 fully saturated rings. The SMILES string of the molecule is Cc1cc(N2C(=O)[C@@H]3[C@H](C2=O)[C@H]2CC[C@H]3O2)ccc1[N+](=O)[O-]. The maximum Gasteiger partial charge on any atom is 0.272 e. The first-order valence-electron chi connectivity index (χ1n) is 7.27. The Kier molecular flexibility index (Phi) is 2.65. The minimum Gasteiger partial charge on any atom is -0.373 e. The summed E-state index contributed by atoms with van der Waals surface area (Å²) in [7, 11) is 0. The van der Waals surface area contributed by atoms with Crippen LogP contribution >= 0.6 is 0 Å². The van der Waals surface area contributed by atoms with Crippen LogP contribution in [0.2, 0.25) is 0 Å². The molecule has 4 atom stereocenters. The van der Waals surface area contributed by atoms with E-state index in [2.05, 4.69) is 0 Å². The lowest BCUT2D eigenvalue weighted by molar-refractivity contribution is -0.385. The number of anilines is 1. The van der Waals surface area contributed by atoms with Crippen molar-refractivity contribution in [2.24, 2.45) is 11.8 Å². The summed E-state index contributed by atoms with van der Waals surface area (Å²) in [6.07, 6.45) is 1.32. The normalized spacial score (nSPS) is 32.7. The maximum absolute atomic E-state index is 12.6. The van der Waals surface area contributed by atoms with E-state index < -0.39 is 4.92 Å². The molecule has 3 saturated heterocycles. The number of nitrogens with zero attached hydrogens (tertiary/aromatic N) is 2. The fraction of sp³-hybridized carbons (Fsp3) is 0.467. The second kappa shape index (κ2) is 4.36. The summed E-state index contributed by atoms with van der Waals surface area (Å²) in [6.45, 7) is 1.60. The molecule has 0 N–H and O–H groups in total. The van der Waals surface area contributed by atoms with Gasteiger partial charge < -0.3 is 4.74 Å². The van der Waals surface area contributed by atoms with E-state index in [1.165, 1.54) is 23.1 Å². The first kappa shape index (κ1) is 13.4. The van der Waals surface area contributed by atoms with Gasteiger partial charge in [0.05, 0.1) is 34.7 Å². The molecule has 22 heavy (non-hydrogen) atoms. The zero-order chi connectivity index (χ0) is 15.6. The predicted molar refractivity (Wildman–Crippen MR) is 75.2 cm³/mol. The summed E-state index contributed by atoms with van der Waals surface area (Å²) in [5.41, 5.74) is 0.817. The molecule has 3 aliphatic rings. The Morgan fingerprint density at radius 2 is 1.77 bits per heavy atom. The number of carbonyl (C=O) groups is 2. The molecular formula is C15H14N2O5. The van der Waals surface area contributed by atoms with Gasteiger partial charge in [0.2, 0.25) is 11.8 Å². The van der Waals surface area contributed by atoms with Crippen molar-refractivity contribution < 1.29 is 19.2 Å². The van der Waals surface area contributed by atoms with Gasteiger partial charge in [0.25, 0.3) is 5.69 Å². The summed E-state index contributed by atoms with van der Waals surface area (Å²) in [5.74, 6) is -1.26. The summed E-state index contributed by atoms with van der Waals surface area (Å²) < 4.78 is 5.68. The second-order valence-corrected chi connectivity index (χ2v) is 6.08. The molecule has 7 nitrogen and oxygen atoms in total. The Morgan fingerprint density at radius 1 is 1.18 bits per heavy atom. The van der Waals surface area contributed by atoms with Gasteiger partial charge in [0.15, 0.2) is 0 Å². The van der Waals surface area contributed by atoms with E-state index in [0.717, 1.165) is 12.8 Å².